The summed E-state index contributed by atoms with van der Waals surface area (Å²) in [4.78, 5) is 27.5. The van der Waals surface area contributed by atoms with Crippen LogP contribution in [0.5, 0.6) is 5.88 Å². The van der Waals surface area contributed by atoms with Crippen LogP contribution in [-0.2, 0) is 6.54 Å². The number of carbonyl (C=O) groups excluding carboxylic acids is 1. The standard InChI is InChI=1S/C25H25N5O3/c1-33-23-16-19(6-12-27-23)24(31)29-14-8-25(32,9-15-29)17-30-13-7-21-22(30)3-2-20(28-21)18-4-10-26-11-5-18/h2-7,10-13,16,32H,8-9,14-15,17H2,1H3. The van der Waals surface area contributed by atoms with Crippen molar-refractivity contribution in [1.82, 2.24) is 24.4 Å². The molecule has 5 heterocycles. The number of fused-ring (bicyclic) bond motifs is 1. The normalized spacial score (nSPS) is 15.5. The fourth-order valence-corrected chi connectivity index (χ4v) is 4.33. The summed E-state index contributed by atoms with van der Waals surface area (Å²) in [5.41, 5.74) is 3.42. The van der Waals surface area contributed by atoms with E-state index in [0.717, 1.165) is 22.3 Å². The smallest absolute Gasteiger partial charge is 0.254 e. The quantitative estimate of drug-likeness (QED) is 0.509. The van der Waals surface area contributed by atoms with Gasteiger partial charge in [-0.1, -0.05) is 0 Å². The zero-order valence-corrected chi connectivity index (χ0v) is 18.4. The second-order valence-electron chi connectivity index (χ2n) is 8.38. The first-order chi connectivity index (χ1) is 16.0. The molecule has 0 bridgehead atoms. The third-order valence-corrected chi connectivity index (χ3v) is 6.24. The SMILES string of the molecule is COc1cc(C(=O)N2CCC(O)(Cn3ccc4nc(-c5ccncc5)ccc43)CC2)ccn1. The van der Waals surface area contributed by atoms with E-state index in [4.69, 9.17) is 9.72 Å². The van der Waals surface area contributed by atoms with Crippen molar-refractivity contribution in [1.29, 1.82) is 0 Å². The van der Waals surface area contributed by atoms with Gasteiger partial charge in [-0.2, -0.15) is 0 Å². The van der Waals surface area contributed by atoms with Gasteiger partial charge in [0.25, 0.3) is 5.91 Å². The Morgan fingerprint density at radius 3 is 2.64 bits per heavy atom. The molecule has 4 aromatic rings. The number of rotatable bonds is 5. The van der Waals surface area contributed by atoms with Crippen LogP contribution in [0.2, 0.25) is 0 Å². The molecule has 33 heavy (non-hydrogen) atoms. The van der Waals surface area contributed by atoms with Gasteiger partial charge in [0.2, 0.25) is 5.88 Å². The van der Waals surface area contributed by atoms with Gasteiger partial charge in [-0.15, -0.1) is 0 Å². The van der Waals surface area contributed by atoms with E-state index in [2.05, 4.69) is 9.97 Å². The number of carbonyl (C=O) groups is 1. The molecule has 0 atom stereocenters. The lowest BCUT2D eigenvalue weighted by Crippen LogP contribution is -2.48. The van der Waals surface area contributed by atoms with E-state index < -0.39 is 5.60 Å². The number of nitrogens with zero attached hydrogens (tertiary/aromatic N) is 5. The molecule has 0 unspecified atom stereocenters. The van der Waals surface area contributed by atoms with Gasteiger partial charge in [0, 0.05) is 55.1 Å². The molecule has 0 radical (unpaired) electrons. The molecule has 1 fully saturated rings. The molecule has 1 saturated heterocycles. The summed E-state index contributed by atoms with van der Waals surface area (Å²) in [5.74, 6) is 0.339. The van der Waals surface area contributed by atoms with Crippen LogP contribution in [0.3, 0.4) is 0 Å². The number of likely N-dealkylation sites (tertiary alicyclic amines) is 1. The number of hydrogen-bond acceptors (Lipinski definition) is 6. The van der Waals surface area contributed by atoms with Crippen molar-refractivity contribution >= 4 is 16.9 Å². The van der Waals surface area contributed by atoms with E-state index in [1.807, 2.05) is 41.1 Å². The van der Waals surface area contributed by atoms with Crippen molar-refractivity contribution in [3.05, 3.63) is 72.8 Å². The lowest BCUT2D eigenvalue weighted by atomic mass is 9.91. The largest absolute Gasteiger partial charge is 0.481 e. The molecular formula is C25H25N5O3. The first-order valence-electron chi connectivity index (χ1n) is 10.9. The van der Waals surface area contributed by atoms with E-state index in [9.17, 15) is 9.90 Å². The number of amides is 1. The Morgan fingerprint density at radius 2 is 1.88 bits per heavy atom. The Bertz CT molecular complexity index is 1280. The van der Waals surface area contributed by atoms with E-state index in [1.54, 1.807) is 35.6 Å². The number of aromatic nitrogens is 4. The number of methoxy groups -OCH3 is 1. The maximum atomic E-state index is 12.9. The third-order valence-electron chi connectivity index (χ3n) is 6.24. The average molecular weight is 444 g/mol. The molecule has 1 amide bonds. The highest BCUT2D eigenvalue weighted by Crippen LogP contribution is 2.28. The van der Waals surface area contributed by atoms with Crippen LogP contribution < -0.4 is 4.74 Å². The van der Waals surface area contributed by atoms with Crippen LogP contribution in [0.1, 0.15) is 23.2 Å². The van der Waals surface area contributed by atoms with Crippen LogP contribution in [0.15, 0.2) is 67.3 Å². The summed E-state index contributed by atoms with van der Waals surface area (Å²) in [5, 5.41) is 11.3. The van der Waals surface area contributed by atoms with E-state index in [-0.39, 0.29) is 5.91 Å². The van der Waals surface area contributed by atoms with E-state index in [0.29, 0.717) is 43.9 Å². The Hall–Kier alpha value is -3.78. The van der Waals surface area contributed by atoms with Crippen molar-refractivity contribution in [3.8, 4) is 17.1 Å². The van der Waals surface area contributed by atoms with Gasteiger partial charge >= 0.3 is 0 Å². The highest BCUT2D eigenvalue weighted by atomic mass is 16.5. The maximum Gasteiger partial charge on any atom is 0.254 e. The van der Waals surface area contributed by atoms with Crippen LogP contribution in [0, 0.1) is 0 Å². The van der Waals surface area contributed by atoms with E-state index in [1.165, 1.54) is 7.11 Å². The summed E-state index contributed by atoms with van der Waals surface area (Å²) < 4.78 is 7.16. The maximum absolute atomic E-state index is 12.9. The van der Waals surface area contributed by atoms with Gasteiger partial charge in [0.1, 0.15) is 0 Å². The molecule has 168 valence electrons. The number of piperidine rings is 1. The fourth-order valence-electron chi connectivity index (χ4n) is 4.33. The molecule has 1 aliphatic heterocycles. The Labute approximate surface area is 191 Å². The number of aliphatic hydroxyl groups is 1. The molecule has 0 aromatic carbocycles. The minimum atomic E-state index is -0.886. The molecule has 0 aliphatic carbocycles. The monoisotopic (exact) mass is 443 g/mol. The Morgan fingerprint density at radius 1 is 1.09 bits per heavy atom. The van der Waals surface area contributed by atoms with Crippen LogP contribution in [0.25, 0.3) is 22.3 Å². The van der Waals surface area contributed by atoms with Crippen LogP contribution in [0.4, 0.5) is 0 Å². The fraction of sp³-hybridized carbons (Fsp3) is 0.280. The number of pyridine rings is 3. The summed E-state index contributed by atoms with van der Waals surface area (Å²) in [6, 6.07) is 13.2. The zero-order chi connectivity index (χ0) is 22.8. The van der Waals surface area contributed by atoms with Crippen molar-refractivity contribution in [2.45, 2.75) is 25.0 Å². The van der Waals surface area contributed by atoms with Crippen molar-refractivity contribution in [2.24, 2.45) is 0 Å². The minimum absolute atomic E-state index is 0.0722. The summed E-state index contributed by atoms with van der Waals surface area (Å²) in [6.07, 6.45) is 8.05. The first kappa shape index (κ1) is 21.1. The predicted octanol–water partition coefficient (Wildman–Crippen LogP) is 3.17. The van der Waals surface area contributed by atoms with Gasteiger partial charge < -0.3 is 19.3 Å². The zero-order valence-electron chi connectivity index (χ0n) is 18.4. The summed E-state index contributed by atoms with van der Waals surface area (Å²) >= 11 is 0. The molecular weight excluding hydrogens is 418 g/mol. The number of ether oxygens (including phenoxy) is 1. The molecule has 0 saturated carbocycles. The van der Waals surface area contributed by atoms with Crippen molar-refractivity contribution in [3.63, 3.8) is 0 Å². The second kappa shape index (κ2) is 8.63. The molecule has 1 N–H and O–H groups in total. The summed E-state index contributed by atoms with van der Waals surface area (Å²) in [7, 11) is 1.53. The van der Waals surface area contributed by atoms with E-state index >= 15 is 0 Å². The molecule has 8 nitrogen and oxygen atoms in total. The predicted molar refractivity (Wildman–Crippen MR) is 124 cm³/mol. The Balaban J connectivity index is 1.28. The van der Waals surface area contributed by atoms with Crippen molar-refractivity contribution in [2.75, 3.05) is 20.2 Å². The van der Waals surface area contributed by atoms with Gasteiger partial charge in [-0.25, -0.2) is 9.97 Å². The van der Waals surface area contributed by atoms with Crippen molar-refractivity contribution < 1.29 is 14.6 Å². The average Bonchev–Trinajstić information content (AvgIpc) is 3.26. The molecule has 8 heteroatoms. The topological polar surface area (TPSA) is 93.4 Å². The third kappa shape index (κ3) is 4.29. The first-order valence-corrected chi connectivity index (χ1v) is 10.9. The van der Waals surface area contributed by atoms with Gasteiger partial charge in [0.05, 0.1) is 36.0 Å². The highest BCUT2D eigenvalue weighted by molar-refractivity contribution is 5.94. The van der Waals surface area contributed by atoms with Gasteiger partial charge in [-0.05, 0) is 49.2 Å². The van der Waals surface area contributed by atoms with Gasteiger partial charge in [0.15, 0.2) is 0 Å². The minimum Gasteiger partial charge on any atom is -0.481 e. The molecule has 1 aliphatic rings. The van der Waals surface area contributed by atoms with Gasteiger partial charge in [-0.3, -0.25) is 9.78 Å². The molecule has 0 spiro atoms. The molecule has 5 rings (SSSR count). The second-order valence-corrected chi connectivity index (χ2v) is 8.38. The van der Waals surface area contributed by atoms with Crippen LogP contribution in [-0.4, -0.2) is 61.2 Å². The number of hydrogen-bond donors (Lipinski definition) is 1. The highest BCUT2D eigenvalue weighted by Gasteiger charge is 2.35. The summed E-state index contributed by atoms with van der Waals surface area (Å²) in [6.45, 7) is 1.44. The van der Waals surface area contributed by atoms with Crippen LogP contribution >= 0.6 is 0 Å². The Kier molecular flexibility index (Phi) is 5.51. The lowest BCUT2D eigenvalue weighted by molar-refractivity contribution is -0.0284. The lowest BCUT2D eigenvalue weighted by Gasteiger charge is -2.38. The molecule has 4 aromatic heterocycles.